The number of aromatic nitrogens is 1. The Bertz CT molecular complexity index is 361. The summed E-state index contributed by atoms with van der Waals surface area (Å²) in [5.41, 5.74) is 2.45. The van der Waals surface area contributed by atoms with Gasteiger partial charge in [0.25, 0.3) is 0 Å². The monoisotopic (exact) mass is 247 g/mol. The number of rotatable bonds is 5. The minimum Gasteiger partial charge on any atom is -0.316 e. The SMILES string of the molecule is CCC1CCC(C)N1Cc1ccc(CNC)cn1. The summed E-state index contributed by atoms with van der Waals surface area (Å²) in [5, 5.41) is 3.15. The number of likely N-dealkylation sites (tertiary alicyclic amines) is 1. The molecule has 1 N–H and O–H groups in total. The molecule has 2 rings (SSSR count). The fourth-order valence-corrected chi connectivity index (χ4v) is 2.89. The van der Waals surface area contributed by atoms with Gasteiger partial charge in [-0.05, 0) is 44.9 Å². The zero-order valence-corrected chi connectivity index (χ0v) is 11.8. The highest BCUT2D eigenvalue weighted by Gasteiger charge is 2.29. The molecular weight excluding hydrogens is 222 g/mol. The van der Waals surface area contributed by atoms with Gasteiger partial charge in [-0.15, -0.1) is 0 Å². The minimum absolute atomic E-state index is 0.703. The molecule has 2 atom stereocenters. The lowest BCUT2D eigenvalue weighted by molar-refractivity contribution is 0.187. The molecule has 0 spiro atoms. The highest BCUT2D eigenvalue weighted by molar-refractivity contribution is 5.14. The minimum atomic E-state index is 0.703. The quantitative estimate of drug-likeness (QED) is 0.867. The Morgan fingerprint density at radius 3 is 2.83 bits per heavy atom. The van der Waals surface area contributed by atoms with E-state index in [1.807, 2.05) is 13.2 Å². The molecule has 0 bridgehead atoms. The van der Waals surface area contributed by atoms with Crippen LogP contribution in [0.2, 0.25) is 0 Å². The van der Waals surface area contributed by atoms with Crippen molar-refractivity contribution in [1.29, 1.82) is 0 Å². The van der Waals surface area contributed by atoms with Gasteiger partial charge in [0.05, 0.1) is 5.69 Å². The van der Waals surface area contributed by atoms with Crippen LogP contribution in [0.25, 0.3) is 0 Å². The molecule has 100 valence electrons. The van der Waals surface area contributed by atoms with Crippen molar-refractivity contribution in [3.63, 3.8) is 0 Å². The molecule has 0 aromatic carbocycles. The van der Waals surface area contributed by atoms with Gasteiger partial charge in [-0.2, -0.15) is 0 Å². The average molecular weight is 247 g/mol. The fourth-order valence-electron chi connectivity index (χ4n) is 2.89. The molecule has 1 fully saturated rings. The van der Waals surface area contributed by atoms with Crippen molar-refractivity contribution in [1.82, 2.24) is 15.2 Å². The van der Waals surface area contributed by atoms with E-state index in [0.717, 1.165) is 19.1 Å². The molecule has 1 saturated heterocycles. The molecule has 0 saturated carbocycles. The first kappa shape index (κ1) is 13.5. The van der Waals surface area contributed by atoms with E-state index in [9.17, 15) is 0 Å². The van der Waals surface area contributed by atoms with Crippen LogP contribution in [0.1, 0.15) is 44.4 Å². The van der Waals surface area contributed by atoms with Crippen molar-refractivity contribution in [2.24, 2.45) is 0 Å². The van der Waals surface area contributed by atoms with Crippen LogP contribution in [0.3, 0.4) is 0 Å². The van der Waals surface area contributed by atoms with Crippen LogP contribution in [0, 0.1) is 0 Å². The second kappa shape index (κ2) is 6.30. The largest absolute Gasteiger partial charge is 0.316 e. The Kier molecular flexibility index (Phi) is 4.72. The third kappa shape index (κ3) is 3.09. The molecule has 1 aromatic heterocycles. The van der Waals surface area contributed by atoms with Crippen LogP contribution >= 0.6 is 0 Å². The fraction of sp³-hybridized carbons (Fsp3) is 0.667. The third-order valence-corrected chi connectivity index (χ3v) is 4.04. The lowest BCUT2D eigenvalue weighted by Gasteiger charge is -2.27. The van der Waals surface area contributed by atoms with Gasteiger partial charge in [-0.1, -0.05) is 13.0 Å². The average Bonchev–Trinajstić information content (AvgIpc) is 2.73. The van der Waals surface area contributed by atoms with E-state index in [1.54, 1.807) is 0 Å². The summed E-state index contributed by atoms with van der Waals surface area (Å²) >= 11 is 0. The van der Waals surface area contributed by atoms with E-state index in [1.165, 1.54) is 30.5 Å². The molecule has 1 aliphatic rings. The number of hydrogen-bond acceptors (Lipinski definition) is 3. The Hall–Kier alpha value is -0.930. The maximum atomic E-state index is 4.58. The lowest BCUT2D eigenvalue weighted by atomic mass is 10.1. The summed E-state index contributed by atoms with van der Waals surface area (Å²) in [6, 6.07) is 5.80. The molecule has 2 heterocycles. The van der Waals surface area contributed by atoms with E-state index < -0.39 is 0 Å². The molecule has 0 radical (unpaired) electrons. The van der Waals surface area contributed by atoms with Gasteiger partial charge in [-0.3, -0.25) is 9.88 Å². The van der Waals surface area contributed by atoms with Gasteiger partial charge in [0.2, 0.25) is 0 Å². The van der Waals surface area contributed by atoms with Crippen LogP contribution in [0.4, 0.5) is 0 Å². The van der Waals surface area contributed by atoms with Gasteiger partial charge in [0, 0.05) is 31.4 Å². The lowest BCUT2D eigenvalue weighted by Crippen LogP contribution is -2.33. The molecule has 0 amide bonds. The van der Waals surface area contributed by atoms with Crippen LogP contribution < -0.4 is 5.32 Å². The second-order valence-electron chi connectivity index (χ2n) is 5.35. The summed E-state index contributed by atoms with van der Waals surface area (Å²) in [7, 11) is 1.96. The van der Waals surface area contributed by atoms with Gasteiger partial charge < -0.3 is 5.32 Å². The van der Waals surface area contributed by atoms with Crippen molar-refractivity contribution < 1.29 is 0 Å². The number of nitrogens with one attached hydrogen (secondary N) is 1. The topological polar surface area (TPSA) is 28.2 Å². The highest BCUT2D eigenvalue weighted by Crippen LogP contribution is 2.27. The summed E-state index contributed by atoms with van der Waals surface area (Å²) in [6.07, 6.45) is 5.92. The van der Waals surface area contributed by atoms with Crippen molar-refractivity contribution in [3.8, 4) is 0 Å². The molecule has 1 aromatic rings. The first-order valence-electron chi connectivity index (χ1n) is 7.08. The third-order valence-electron chi connectivity index (χ3n) is 4.04. The normalized spacial score (nSPS) is 24.6. The summed E-state index contributed by atoms with van der Waals surface area (Å²) in [4.78, 5) is 7.19. The number of hydrogen-bond donors (Lipinski definition) is 1. The Morgan fingerprint density at radius 1 is 1.39 bits per heavy atom. The summed E-state index contributed by atoms with van der Waals surface area (Å²) in [5.74, 6) is 0. The van der Waals surface area contributed by atoms with E-state index in [2.05, 4.69) is 41.2 Å². The maximum Gasteiger partial charge on any atom is 0.0544 e. The summed E-state index contributed by atoms with van der Waals surface area (Å²) in [6.45, 7) is 6.52. The first-order valence-corrected chi connectivity index (χ1v) is 7.08. The van der Waals surface area contributed by atoms with Crippen LogP contribution in [-0.2, 0) is 13.1 Å². The number of nitrogens with zero attached hydrogens (tertiary/aromatic N) is 2. The Labute approximate surface area is 111 Å². The summed E-state index contributed by atoms with van der Waals surface area (Å²) < 4.78 is 0. The van der Waals surface area contributed by atoms with Crippen LogP contribution in [-0.4, -0.2) is 29.0 Å². The number of pyridine rings is 1. The van der Waals surface area contributed by atoms with Crippen molar-refractivity contribution in [2.75, 3.05) is 7.05 Å². The van der Waals surface area contributed by atoms with E-state index in [4.69, 9.17) is 0 Å². The Morgan fingerprint density at radius 2 is 2.22 bits per heavy atom. The van der Waals surface area contributed by atoms with Gasteiger partial charge in [-0.25, -0.2) is 0 Å². The molecular formula is C15H25N3. The smallest absolute Gasteiger partial charge is 0.0544 e. The predicted molar refractivity (Wildman–Crippen MR) is 75.3 cm³/mol. The second-order valence-corrected chi connectivity index (χ2v) is 5.35. The molecule has 0 aliphatic carbocycles. The Balaban J connectivity index is 1.99. The van der Waals surface area contributed by atoms with Crippen molar-refractivity contribution in [3.05, 3.63) is 29.6 Å². The first-order chi connectivity index (χ1) is 8.74. The van der Waals surface area contributed by atoms with Crippen molar-refractivity contribution in [2.45, 2.75) is 58.3 Å². The zero-order valence-electron chi connectivity index (χ0n) is 11.8. The zero-order chi connectivity index (χ0) is 13.0. The standard InChI is InChI=1S/C15H25N3/c1-4-15-8-5-12(2)18(15)11-14-7-6-13(9-16-3)10-17-14/h6-7,10,12,15-16H,4-5,8-9,11H2,1-3H3. The molecule has 3 nitrogen and oxygen atoms in total. The predicted octanol–water partition coefficient (Wildman–Crippen LogP) is 2.56. The van der Waals surface area contributed by atoms with E-state index >= 15 is 0 Å². The molecule has 18 heavy (non-hydrogen) atoms. The van der Waals surface area contributed by atoms with Gasteiger partial charge >= 0.3 is 0 Å². The molecule has 2 unspecified atom stereocenters. The van der Waals surface area contributed by atoms with Gasteiger partial charge in [0.1, 0.15) is 0 Å². The highest BCUT2D eigenvalue weighted by atomic mass is 15.2. The molecule has 3 heteroatoms. The maximum absolute atomic E-state index is 4.58. The van der Waals surface area contributed by atoms with E-state index in [0.29, 0.717) is 6.04 Å². The van der Waals surface area contributed by atoms with Crippen LogP contribution in [0.5, 0.6) is 0 Å². The molecule has 1 aliphatic heterocycles. The van der Waals surface area contributed by atoms with Crippen molar-refractivity contribution >= 4 is 0 Å². The van der Waals surface area contributed by atoms with Crippen LogP contribution in [0.15, 0.2) is 18.3 Å². The van der Waals surface area contributed by atoms with Gasteiger partial charge in [0.15, 0.2) is 0 Å². The van der Waals surface area contributed by atoms with E-state index in [-0.39, 0.29) is 0 Å².